The molecule has 0 amide bonds. The van der Waals surface area contributed by atoms with Gasteiger partial charge in [-0.15, -0.1) is 0 Å². The molecule has 0 radical (unpaired) electrons. The van der Waals surface area contributed by atoms with E-state index in [9.17, 15) is 13.2 Å². The zero-order chi connectivity index (χ0) is 14.2. The Morgan fingerprint density at radius 3 is 2.32 bits per heavy atom. The van der Waals surface area contributed by atoms with Crippen LogP contribution in [0.2, 0.25) is 0 Å². The Morgan fingerprint density at radius 2 is 1.84 bits per heavy atom. The van der Waals surface area contributed by atoms with Gasteiger partial charge in [-0.1, -0.05) is 12.1 Å². The second kappa shape index (κ2) is 4.71. The summed E-state index contributed by atoms with van der Waals surface area (Å²) < 4.78 is 27.3. The summed E-state index contributed by atoms with van der Waals surface area (Å²) in [5.74, 6) is -0.813. The molecule has 0 fully saturated rings. The quantitative estimate of drug-likeness (QED) is 0.881. The Balaban J connectivity index is 2.52. The number of carboxylic acids is 1. The number of furan rings is 1. The maximum atomic E-state index is 11.1. The first-order valence-electron chi connectivity index (χ1n) is 5.17. The zero-order valence-electron chi connectivity index (χ0n) is 9.75. The highest BCUT2D eigenvalue weighted by atomic mass is 35.7. The summed E-state index contributed by atoms with van der Waals surface area (Å²) in [7, 11) is 1.41. The Labute approximate surface area is 113 Å². The van der Waals surface area contributed by atoms with Crippen molar-refractivity contribution >= 4 is 25.7 Å². The number of rotatable bonds is 3. The fraction of sp³-hybridized carbons (Fsp3) is 0.0833. The molecule has 0 aliphatic rings. The highest BCUT2D eigenvalue weighted by Gasteiger charge is 2.19. The van der Waals surface area contributed by atoms with Crippen LogP contribution in [-0.4, -0.2) is 19.5 Å². The monoisotopic (exact) mass is 300 g/mol. The van der Waals surface area contributed by atoms with Crippen molar-refractivity contribution < 1.29 is 22.7 Å². The van der Waals surface area contributed by atoms with Gasteiger partial charge in [0.25, 0.3) is 9.05 Å². The van der Waals surface area contributed by atoms with Crippen molar-refractivity contribution in [3.63, 3.8) is 0 Å². The molecule has 0 saturated heterocycles. The van der Waals surface area contributed by atoms with Crippen LogP contribution in [0, 0.1) is 6.92 Å². The largest absolute Gasteiger partial charge is 0.478 e. The molecule has 2 rings (SSSR count). The van der Waals surface area contributed by atoms with Gasteiger partial charge in [-0.25, -0.2) is 13.2 Å². The Kier molecular flexibility index (Phi) is 3.38. The average Bonchev–Trinajstić information content (AvgIpc) is 2.70. The molecule has 0 bridgehead atoms. The molecule has 0 spiro atoms. The van der Waals surface area contributed by atoms with Crippen LogP contribution in [0.4, 0.5) is 0 Å². The summed E-state index contributed by atoms with van der Waals surface area (Å²) in [5.41, 5.74) is 0.989. The summed E-state index contributed by atoms with van der Waals surface area (Å²) in [4.78, 5) is 11.1. The Morgan fingerprint density at radius 1 is 1.26 bits per heavy atom. The molecule has 100 valence electrons. The second-order valence-corrected chi connectivity index (χ2v) is 6.41. The maximum absolute atomic E-state index is 11.1. The van der Waals surface area contributed by atoms with Gasteiger partial charge < -0.3 is 9.52 Å². The standard InChI is InChI=1S/C12H9ClO5S/c1-7-11(12(14)15)10(6-18-7)8-2-4-9(5-3-8)19(13,16)17/h2-6H,1H3,(H,14,15). The zero-order valence-corrected chi connectivity index (χ0v) is 11.3. The van der Waals surface area contributed by atoms with Crippen LogP contribution < -0.4 is 0 Å². The van der Waals surface area contributed by atoms with Crippen LogP contribution in [-0.2, 0) is 9.05 Å². The fourth-order valence-electron chi connectivity index (χ4n) is 1.73. The van der Waals surface area contributed by atoms with Crippen molar-refractivity contribution in [2.75, 3.05) is 0 Å². The van der Waals surface area contributed by atoms with Crippen LogP contribution in [0.15, 0.2) is 39.8 Å². The van der Waals surface area contributed by atoms with E-state index in [0.29, 0.717) is 11.1 Å². The lowest BCUT2D eigenvalue weighted by atomic mass is 10.0. The van der Waals surface area contributed by atoms with Crippen molar-refractivity contribution in [3.8, 4) is 11.1 Å². The van der Waals surface area contributed by atoms with Gasteiger partial charge in [-0.2, -0.15) is 0 Å². The van der Waals surface area contributed by atoms with Gasteiger partial charge in [-0.05, 0) is 24.6 Å². The van der Waals surface area contributed by atoms with Crippen LogP contribution in [0.1, 0.15) is 16.1 Å². The van der Waals surface area contributed by atoms with Crippen molar-refractivity contribution in [2.45, 2.75) is 11.8 Å². The number of hydrogen-bond acceptors (Lipinski definition) is 4. The Hall–Kier alpha value is -1.79. The van der Waals surface area contributed by atoms with Crippen LogP contribution in [0.5, 0.6) is 0 Å². The molecule has 1 N–H and O–H groups in total. The summed E-state index contributed by atoms with van der Waals surface area (Å²) in [6.45, 7) is 1.55. The highest BCUT2D eigenvalue weighted by molar-refractivity contribution is 8.13. The molecule has 1 aromatic heterocycles. The molecule has 0 aliphatic heterocycles. The number of halogens is 1. The minimum absolute atomic E-state index is 0.0463. The second-order valence-electron chi connectivity index (χ2n) is 3.85. The van der Waals surface area contributed by atoms with E-state index in [-0.39, 0.29) is 16.2 Å². The third kappa shape index (κ3) is 2.64. The first-order chi connectivity index (χ1) is 8.80. The lowest BCUT2D eigenvalue weighted by Gasteiger charge is -2.01. The molecule has 5 nitrogen and oxygen atoms in total. The van der Waals surface area contributed by atoms with Crippen LogP contribution in [0.3, 0.4) is 0 Å². The van der Waals surface area contributed by atoms with E-state index in [1.165, 1.54) is 30.5 Å². The van der Waals surface area contributed by atoms with Crippen molar-refractivity contribution in [2.24, 2.45) is 0 Å². The van der Waals surface area contributed by atoms with Gasteiger partial charge >= 0.3 is 5.97 Å². The highest BCUT2D eigenvalue weighted by Crippen LogP contribution is 2.29. The van der Waals surface area contributed by atoms with Gasteiger partial charge in [0.15, 0.2) is 0 Å². The van der Waals surface area contributed by atoms with Gasteiger partial charge in [0.1, 0.15) is 11.3 Å². The number of benzene rings is 1. The Bertz CT molecular complexity index is 728. The summed E-state index contributed by atoms with van der Waals surface area (Å²) in [6.07, 6.45) is 1.32. The van der Waals surface area contributed by atoms with Crippen molar-refractivity contribution in [1.82, 2.24) is 0 Å². The van der Waals surface area contributed by atoms with E-state index in [2.05, 4.69) is 0 Å². The molecule has 1 heterocycles. The van der Waals surface area contributed by atoms with E-state index in [4.69, 9.17) is 20.2 Å². The fourth-order valence-corrected chi connectivity index (χ4v) is 2.50. The van der Waals surface area contributed by atoms with E-state index in [0.717, 1.165) is 0 Å². The summed E-state index contributed by atoms with van der Waals surface area (Å²) in [5, 5.41) is 9.10. The maximum Gasteiger partial charge on any atom is 0.339 e. The van der Waals surface area contributed by atoms with Crippen LogP contribution >= 0.6 is 10.7 Å². The number of carboxylic acid groups (broad SMARTS) is 1. The van der Waals surface area contributed by atoms with E-state index < -0.39 is 15.0 Å². The van der Waals surface area contributed by atoms with E-state index in [1.807, 2.05) is 0 Å². The molecular formula is C12H9ClO5S. The number of aryl methyl sites for hydroxylation is 1. The molecule has 0 atom stereocenters. The number of carbonyl (C=O) groups is 1. The number of hydrogen-bond donors (Lipinski definition) is 1. The van der Waals surface area contributed by atoms with E-state index in [1.54, 1.807) is 6.92 Å². The predicted molar refractivity (Wildman–Crippen MR) is 68.9 cm³/mol. The van der Waals surface area contributed by atoms with Crippen molar-refractivity contribution in [3.05, 3.63) is 41.9 Å². The van der Waals surface area contributed by atoms with Crippen LogP contribution in [0.25, 0.3) is 11.1 Å². The minimum Gasteiger partial charge on any atom is -0.478 e. The summed E-state index contributed by atoms with van der Waals surface area (Å²) >= 11 is 0. The molecule has 1 aromatic carbocycles. The molecule has 0 saturated carbocycles. The smallest absolute Gasteiger partial charge is 0.339 e. The number of aromatic carboxylic acids is 1. The van der Waals surface area contributed by atoms with Gasteiger partial charge in [0, 0.05) is 16.2 Å². The van der Waals surface area contributed by atoms with Gasteiger partial charge in [-0.3, -0.25) is 0 Å². The first-order valence-corrected chi connectivity index (χ1v) is 7.48. The third-order valence-electron chi connectivity index (χ3n) is 2.64. The molecule has 0 aliphatic carbocycles. The molecule has 7 heteroatoms. The molecule has 2 aromatic rings. The minimum atomic E-state index is -3.79. The average molecular weight is 301 g/mol. The lowest BCUT2D eigenvalue weighted by molar-refractivity contribution is 0.0696. The summed E-state index contributed by atoms with van der Waals surface area (Å²) in [6, 6.07) is 5.58. The molecule has 19 heavy (non-hydrogen) atoms. The van der Waals surface area contributed by atoms with Crippen molar-refractivity contribution in [1.29, 1.82) is 0 Å². The third-order valence-corrected chi connectivity index (χ3v) is 4.01. The van der Waals surface area contributed by atoms with Gasteiger partial charge in [0.2, 0.25) is 0 Å². The molecule has 0 unspecified atom stereocenters. The first kappa shape index (κ1) is 13.6. The lowest BCUT2D eigenvalue weighted by Crippen LogP contribution is -1.98. The van der Waals surface area contributed by atoms with Gasteiger partial charge in [0.05, 0.1) is 11.2 Å². The predicted octanol–water partition coefficient (Wildman–Crippen LogP) is 2.88. The molecular weight excluding hydrogens is 292 g/mol. The normalized spacial score (nSPS) is 11.5. The van der Waals surface area contributed by atoms with E-state index >= 15 is 0 Å². The topological polar surface area (TPSA) is 84.6 Å². The SMILES string of the molecule is Cc1occ(-c2ccc(S(=O)(=O)Cl)cc2)c1C(=O)O.